The molecule has 5 heteroatoms. The topological polar surface area (TPSA) is 23.6 Å². The standard InChI is InChI=1S/C22H30F2N2O/c23-20-7-3-6-19(21(20)24)14-25-11-8-16(9-12-25)18-10-13-26(15-18)22(27)17-4-1-2-5-17/h3,6-7,16-18H,1-2,4-5,8-15H2/t18-/m1/s1. The Morgan fingerprint density at radius 3 is 2.41 bits per heavy atom. The summed E-state index contributed by atoms with van der Waals surface area (Å²) in [5.41, 5.74) is 0.447. The lowest BCUT2D eigenvalue weighted by Gasteiger charge is -2.35. The summed E-state index contributed by atoms with van der Waals surface area (Å²) in [5, 5.41) is 0. The number of nitrogens with zero attached hydrogens (tertiary/aromatic N) is 2. The first-order valence-electron chi connectivity index (χ1n) is 10.6. The largest absolute Gasteiger partial charge is 0.342 e. The van der Waals surface area contributed by atoms with Gasteiger partial charge in [0.2, 0.25) is 5.91 Å². The third-order valence-electron chi connectivity index (χ3n) is 6.97. The molecule has 0 radical (unpaired) electrons. The van der Waals surface area contributed by atoms with Gasteiger partial charge in [-0.1, -0.05) is 25.0 Å². The molecule has 0 N–H and O–H groups in total. The summed E-state index contributed by atoms with van der Waals surface area (Å²) in [6.45, 7) is 4.18. The van der Waals surface area contributed by atoms with Gasteiger partial charge in [0.25, 0.3) is 0 Å². The van der Waals surface area contributed by atoms with E-state index in [9.17, 15) is 13.6 Å². The molecule has 1 aromatic carbocycles. The Kier molecular flexibility index (Phi) is 5.76. The molecule has 1 aromatic rings. The Morgan fingerprint density at radius 2 is 1.67 bits per heavy atom. The average molecular weight is 376 g/mol. The molecule has 1 atom stereocenters. The number of rotatable bonds is 4. The molecular formula is C22H30F2N2O. The van der Waals surface area contributed by atoms with Gasteiger partial charge in [0.15, 0.2) is 11.6 Å². The summed E-state index contributed by atoms with van der Waals surface area (Å²) in [5.74, 6) is 0.473. The SMILES string of the molecule is O=C(C1CCCC1)N1CC[C@@H](C2CCN(Cc3cccc(F)c3F)CC2)C1. The predicted molar refractivity (Wildman–Crippen MR) is 101 cm³/mol. The van der Waals surface area contributed by atoms with Crippen LogP contribution in [-0.2, 0) is 11.3 Å². The molecule has 0 aromatic heterocycles. The first kappa shape index (κ1) is 18.9. The lowest BCUT2D eigenvalue weighted by Crippen LogP contribution is -2.38. The van der Waals surface area contributed by atoms with E-state index in [-0.39, 0.29) is 5.92 Å². The number of carbonyl (C=O) groups excluding carboxylic acids is 1. The zero-order valence-corrected chi connectivity index (χ0v) is 16.0. The molecule has 1 aliphatic carbocycles. The third kappa shape index (κ3) is 4.18. The van der Waals surface area contributed by atoms with Gasteiger partial charge in [-0.2, -0.15) is 0 Å². The molecule has 2 saturated heterocycles. The Morgan fingerprint density at radius 1 is 0.963 bits per heavy atom. The number of hydrogen-bond donors (Lipinski definition) is 0. The van der Waals surface area contributed by atoms with Crippen LogP contribution in [0.1, 0.15) is 50.5 Å². The second-order valence-electron chi connectivity index (χ2n) is 8.64. The molecule has 1 amide bonds. The summed E-state index contributed by atoms with van der Waals surface area (Å²) in [6.07, 6.45) is 7.88. The summed E-state index contributed by atoms with van der Waals surface area (Å²) in [4.78, 5) is 17.0. The number of benzene rings is 1. The molecular weight excluding hydrogens is 346 g/mol. The number of likely N-dealkylation sites (tertiary alicyclic amines) is 2. The molecule has 2 aliphatic heterocycles. The van der Waals surface area contributed by atoms with Gasteiger partial charge in [-0.15, -0.1) is 0 Å². The van der Waals surface area contributed by atoms with Crippen LogP contribution in [-0.4, -0.2) is 41.9 Å². The summed E-state index contributed by atoms with van der Waals surface area (Å²) in [7, 11) is 0. The van der Waals surface area contributed by atoms with E-state index in [1.54, 1.807) is 12.1 Å². The van der Waals surface area contributed by atoms with Crippen molar-refractivity contribution < 1.29 is 13.6 Å². The minimum absolute atomic E-state index is 0.284. The first-order chi connectivity index (χ1) is 13.1. The monoisotopic (exact) mass is 376 g/mol. The van der Waals surface area contributed by atoms with E-state index < -0.39 is 11.6 Å². The van der Waals surface area contributed by atoms with Gasteiger partial charge in [0.05, 0.1) is 0 Å². The molecule has 2 heterocycles. The van der Waals surface area contributed by atoms with Crippen molar-refractivity contribution in [1.29, 1.82) is 0 Å². The summed E-state index contributed by atoms with van der Waals surface area (Å²) >= 11 is 0. The summed E-state index contributed by atoms with van der Waals surface area (Å²) in [6, 6.07) is 4.42. The highest BCUT2D eigenvalue weighted by Crippen LogP contribution is 2.34. The Bertz CT molecular complexity index is 666. The summed E-state index contributed by atoms with van der Waals surface area (Å²) < 4.78 is 27.3. The van der Waals surface area contributed by atoms with Gasteiger partial charge in [-0.05, 0) is 63.1 Å². The highest BCUT2D eigenvalue weighted by Gasteiger charge is 2.36. The molecule has 4 rings (SSSR count). The second kappa shape index (κ2) is 8.26. The lowest BCUT2D eigenvalue weighted by atomic mass is 9.83. The van der Waals surface area contributed by atoms with Crippen molar-refractivity contribution >= 4 is 5.91 Å². The molecule has 148 valence electrons. The Balaban J connectivity index is 1.26. The van der Waals surface area contributed by atoms with Crippen LogP contribution < -0.4 is 0 Å². The Hall–Kier alpha value is -1.49. The lowest BCUT2D eigenvalue weighted by molar-refractivity contribution is -0.134. The second-order valence-corrected chi connectivity index (χ2v) is 8.64. The maximum absolute atomic E-state index is 13.9. The molecule has 0 spiro atoms. The van der Waals surface area contributed by atoms with Gasteiger partial charge in [-0.25, -0.2) is 8.78 Å². The molecule has 3 aliphatic rings. The maximum Gasteiger partial charge on any atom is 0.225 e. The van der Waals surface area contributed by atoms with E-state index in [1.807, 2.05) is 0 Å². The van der Waals surface area contributed by atoms with Crippen LogP contribution in [0.4, 0.5) is 8.78 Å². The smallest absolute Gasteiger partial charge is 0.225 e. The van der Waals surface area contributed by atoms with Gasteiger partial charge >= 0.3 is 0 Å². The minimum atomic E-state index is -0.764. The van der Waals surface area contributed by atoms with E-state index in [0.29, 0.717) is 29.9 Å². The first-order valence-corrected chi connectivity index (χ1v) is 10.6. The average Bonchev–Trinajstić information content (AvgIpc) is 3.38. The van der Waals surface area contributed by atoms with Crippen LogP contribution in [0.25, 0.3) is 0 Å². The van der Waals surface area contributed by atoms with E-state index in [4.69, 9.17) is 0 Å². The van der Waals surface area contributed by atoms with Crippen molar-refractivity contribution in [3.05, 3.63) is 35.4 Å². The molecule has 27 heavy (non-hydrogen) atoms. The highest BCUT2D eigenvalue weighted by atomic mass is 19.2. The number of carbonyl (C=O) groups is 1. The fourth-order valence-electron chi connectivity index (χ4n) is 5.30. The van der Waals surface area contributed by atoms with Crippen LogP contribution in [0, 0.1) is 29.4 Å². The predicted octanol–water partition coefficient (Wildman–Crippen LogP) is 4.22. The number of hydrogen-bond acceptors (Lipinski definition) is 2. The van der Waals surface area contributed by atoms with Crippen LogP contribution in [0.15, 0.2) is 18.2 Å². The molecule has 3 nitrogen and oxygen atoms in total. The number of amides is 1. The fraction of sp³-hybridized carbons (Fsp3) is 0.682. The zero-order valence-electron chi connectivity index (χ0n) is 16.0. The minimum Gasteiger partial charge on any atom is -0.342 e. The van der Waals surface area contributed by atoms with Crippen LogP contribution in [0.5, 0.6) is 0 Å². The molecule has 1 saturated carbocycles. The molecule has 3 fully saturated rings. The van der Waals surface area contributed by atoms with Gasteiger partial charge < -0.3 is 4.90 Å². The van der Waals surface area contributed by atoms with Crippen molar-refractivity contribution in [2.45, 2.75) is 51.5 Å². The van der Waals surface area contributed by atoms with Crippen LogP contribution in [0.3, 0.4) is 0 Å². The van der Waals surface area contributed by atoms with Crippen molar-refractivity contribution in [1.82, 2.24) is 9.80 Å². The van der Waals surface area contributed by atoms with Gasteiger partial charge in [0, 0.05) is 31.1 Å². The van der Waals surface area contributed by atoms with E-state index in [1.165, 1.54) is 18.9 Å². The van der Waals surface area contributed by atoms with Crippen molar-refractivity contribution in [2.75, 3.05) is 26.2 Å². The number of piperidine rings is 1. The van der Waals surface area contributed by atoms with E-state index in [0.717, 1.165) is 58.3 Å². The van der Waals surface area contributed by atoms with E-state index >= 15 is 0 Å². The van der Waals surface area contributed by atoms with Crippen LogP contribution >= 0.6 is 0 Å². The van der Waals surface area contributed by atoms with E-state index in [2.05, 4.69) is 9.80 Å². The molecule has 0 bridgehead atoms. The maximum atomic E-state index is 13.9. The number of halogens is 2. The van der Waals surface area contributed by atoms with Gasteiger partial charge in [0.1, 0.15) is 0 Å². The normalized spacial score (nSPS) is 25.4. The zero-order chi connectivity index (χ0) is 18.8. The highest BCUT2D eigenvalue weighted by molar-refractivity contribution is 5.79. The quantitative estimate of drug-likeness (QED) is 0.786. The molecule has 0 unspecified atom stereocenters. The van der Waals surface area contributed by atoms with Crippen molar-refractivity contribution in [2.24, 2.45) is 17.8 Å². The van der Waals surface area contributed by atoms with Gasteiger partial charge in [-0.3, -0.25) is 9.69 Å². The Labute approximate surface area is 160 Å². The third-order valence-corrected chi connectivity index (χ3v) is 6.97. The van der Waals surface area contributed by atoms with Crippen molar-refractivity contribution in [3.63, 3.8) is 0 Å². The fourth-order valence-corrected chi connectivity index (χ4v) is 5.30. The van der Waals surface area contributed by atoms with Crippen LogP contribution in [0.2, 0.25) is 0 Å². The van der Waals surface area contributed by atoms with Crippen molar-refractivity contribution in [3.8, 4) is 0 Å².